The van der Waals surface area contributed by atoms with Crippen LogP contribution < -0.4 is 10.1 Å². The minimum Gasteiger partial charge on any atom is -0.507 e. The smallest absolute Gasteiger partial charge is 0.232 e. The van der Waals surface area contributed by atoms with Gasteiger partial charge in [0.05, 0.1) is 35.6 Å². The molecular weight excluding hydrogens is 397 g/mol. The number of fused-ring (bicyclic) bond motifs is 2. The van der Waals surface area contributed by atoms with E-state index in [9.17, 15) is 5.11 Å². The predicted octanol–water partition coefficient (Wildman–Crippen LogP) is 3.82. The maximum absolute atomic E-state index is 15.2. The zero-order valence-corrected chi connectivity index (χ0v) is 17.6. The number of piperidine rings is 2. The number of alkyl halides is 1. The molecule has 4 heterocycles. The van der Waals surface area contributed by atoms with Crippen molar-refractivity contribution in [2.24, 2.45) is 0 Å². The molecule has 4 atom stereocenters. The topological polar surface area (TPSA) is 85.1 Å². The summed E-state index contributed by atoms with van der Waals surface area (Å²) < 4.78 is 23.0. The van der Waals surface area contributed by atoms with E-state index in [1.807, 2.05) is 13.0 Å². The van der Waals surface area contributed by atoms with E-state index in [-0.39, 0.29) is 17.2 Å². The Balaban J connectivity index is 1.34. The Morgan fingerprint density at radius 2 is 2.10 bits per heavy atom. The predicted molar refractivity (Wildman–Crippen MR) is 114 cm³/mol. The van der Waals surface area contributed by atoms with E-state index in [1.54, 1.807) is 41.6 Å². The van der Waals surface area contributed by atoms with Crippen molar-refractivity contribution in [1.82, 2.24) is 24.8 Å². The van der Waals surface area contributed by atoms with E-state index >= 15 is 4.39 Å². The molecule has 2 saturated heterocycles. The van der Waals surface area contributed by atoms with Gasteiger partial charge in [0, 0.05) is 36.0 Å². The van der Waals surface area contributed by atoms with E-state index in [0.717, 1.165) is 24.9 Å². The molecule has 0 saturated carbocycles. The van der Waals surface area contributed by atoms with E-state index in [1.165, 1.54) is 6.20 Å². The third-order valence-electron chi connectivity index (χ3n) is 6.56. The number of rotatable bonds is 4. The van der Waals surface area contributed by atoms with Crippen LogP contribution in [-0.4, -0.2) is 48.0 Å². The van der Waals surface area contributed by atoms with Crippen LogP contribution in [0.5, 0.6) is 11.6 Å². The van der Waals surface area contributed by atoms with Gasteiger partial charge in [0.15, 0.2) is 6.17 Å². The Labute approximate surface area is 180 Å². The number of aromatic nitrogens is 4. The highest BCUT2D eigenvalue weighted by atomic mass is 19.1. The summed E-state index contributed by atoms with van der Waals surface area (Å²) in [7, 11) is 0. The first-order valence-corrected chi connectivity index (χ1v) is 10.6. The summed E-state index contributed by atoms with van der Waals surface area (Å²) in [6.45, 7) is 4.08. The molecular formula is C23H26FN5O2. The summed E-state index contributed by atoms with van der Waals surface area (Å²) in [4.78, 5) is 12.7. The molecule has 0 amide bonds. The van der Waals surface area contributed by atoms with Crippen LogP contribution in [0.25, 0.3) is 16.9 Å². The van der Waals surface area contributed by atoms with Gasteiger partial charge < -0.3 is 19.7 Å². The number of phenolic OH excluding ortho intramolecular Hbond substituents is 1. The zero-order chi connectivity index (χ0) is 21.6. The van der Waals surface area contributed by atoms with Gasteiger partial charge in [-0.2, -0.15) is 0 Å². The van der Waals surface area contributed by atoms with Crippen LogP contribution in [0.15, 0.2) is 49.3 Å². The number of nitrogens with zero attached hydrogens (tertiary/aromatic N) is 4. The molecule has 2 N–H and O–H groups in total. The largest absolute Gasteiger partial charge is 0.507 e. The second kappa shape index (κ2) is 7.30. The fourth-order valence-corrected chi connectivity index (χ4v) is 5.06. The molecule has 162 valence electrons. The van der Waals surface area contributed by atoms with Gasteiger partial charge in [0.25, 0.3) is 0 Å². The molecule has 2 bridgehead atoms. The second-order valence-electron chi connectivity index (χ2n) is 9.13. The summed E-state index contributed by atoms with van der Waals surface area (Å²) in [5.41, 5.74) is 1.16. The van der Waals surface area contributed by atoms with E-state index < -0.39 is 17.8 Å². The molecule has 2 fully saturated rings. The molecule has 7 nitrogen and oxygen atoms in total. The van der Waals surface area contributed by atoms with Gasteiger partial charge in [-0.3, -0.25) is 0 Å². The minimum absolute atomic E-state index is 0.0880. The average molecular weight is 423 g/mol. The fraction of sp³-hybridized carbons (Fsp3) is 0.435. The van der Waals surface area contributed by atoms with E-state index in [2.05, 4.69) is 27.2 Å². The molecule has 3 aromatic rings. The fourth-order valence-electron chi connectivity index (χ4n) is 5.06. The van der Waals surface area contributed by atoms with Crippen molar-refractivity contribution >= 4 is 0 Å². The summed E-state index contributed by atoms with van der Waals surface area (Å²) in [6.07, 6.45) is 9.89. The van der Waals surface area contributed by atoms with Gasteiger partial charge in [0.2, 0.25) is 5.88 Å². The molecule has 8 heteroatoms. The number of nitrogens with one attached hydrogen (secondary N) is 1. The number of aromatic hydroxyl groups is 1. The van der Waals surface area contributed by atoms with Gasteiger partial charge in [-0.1, -0.05) is 0 Å². The highest BCUT2D eigenvalue weighted by molar-refractivity contribution is 5.68. The van der Waals surface area contributed by atoms with Gasteiger partial charge in [-0.15, -0.1) is 0 Å². The maximum Gasteiger partial charge on any atom is 0.232 e. The van der Waals surface area contributed by atoms with Crippen molar-refractivity contribution in [3.8, 4) is 28.6 Å². The van der Waals surface area contributed by atoms with Crippen LogP contribution in [0.1, 0.15) is 39.5 Å². The van der Waals surface area contributed by atoms with Crippen molar-refractivity contribution < 1.29 is 14.2 Å². The number of benzene rings is 1. The van der Waals surface area contributed by atoms with Crippen molar-refractivity contribution in [2.45, 2.75) is 62.9 Å². The maximum atomic E-state index is 15.2. The van der Waals surface area contributed by atoms with Crippen molar-refractivity contribution in [3.05, 3.63) is 49.3 Å². The lowest BCUT2D eigenvalue weighted by Crippen LogP contribution is -2.71. The Morgan fingerprint density at radius 3 is 2.81 bits per heavy atom. The zero-order valence-electron chi connectivity index (χ0n) is 17.6. The number of hydrogen-bond acceptors (Lipinski definition) is 6. The van der Waals surface area contributed by atoms with Crippen LogP contribution in [0.2, 0.25) is 0 Å². The lowest BCUT2D eigenvalue weighted by atomic mass is 9.69. The molecule has 31 heavy (non-hydrogen) atoms. The number of halogens is 1. The summed E-state index contributed by atoms with van der Waals surface area (Å²) >= 11 is 0. The Kier molecular flexibility index (Phi) is 4.69. The van der Waals surface area contributed by atoms with Crippen molar-refractivity contribution in [3.63, 3.8) is 0 Å². The minimum atomic E-state index is -1.12. The van der Waals surface area contributed by atoms with Gasteiger partial charge in [-0.05, 0) is 45.2 Å². The first kappa shape index (κ1) is 19.9. The molecule has 1 aromatic carbocycles. The molecule has 0 spiro atoms. The molecule has 2 aliphatic rings. The first-order valence-electron chi connectivity index (χ1n) is 10.6. The van der Waals surface area contributed by atoms with Crippen LogP contribution in [0.3, 0.4) is 0 Å². The first-order chi connectivity index (χ1) is 14.9. The average Bonchev–Trinajstić information content (AvgIpc) is 3.27. The lowest BCUT2D eigenvalue weighted by molar-refractivity contribution is -0.0625. The van der Waals surface area contributed by atoms with Crippen LogP contribution >= 0.6 is 0 Å². The highest BCUT2D eigenvalue weighted by Crippen LogP contribution is 2.42. The van der Waals surface area contributed by atoms with E-state index in [0.29, 0.717) is 17.7 Å². The number of hydrogen-bond donors (Lipinski definition) is 2. The van der Waals surface area contributed by atoms with Crippen LogP contribution in [0.4, 0.5) is 4.39 Å². The van der Waals surface area contributed by atoms with Crippen LogP contribution in [-0.2, 0) is 0 Å². The quantitative estimate of drug-likeness (QED) is 0.664. The molecule has 2 aromatic heterocycles. The van der Waals surface area contributed by atoms with Crippen molar-refractivity contribution in [1.29, 1.82) is 0 Å². The van der Waals surface area contributed by atoms with Gasteiger partial charge in [-0.25, -0.2) is 19.3 Å². The Bertz CT molecular complexity index is 1070. The molecule has 0 radical (unpaired) electrons. The highest BCUT2D eigenvalue weighted by Gasteiger charge is 2.53. The summed E-state index contributed by atoms with van der Waals surface area (Å²) in [6, 6.07) is 5.29. The van der Waals surface area contributed by atoms with Crippen LogP contribution in [0, 0.1) is 0 Å². The molecule has 0 unspecified atom stereocenters. The summed E-state index contributed by atoms with van der Waals surface area (Å²) in [5, 5.41) is 14.0. The van der Waals surface area contributed by atoms with Gasteiger partial charge in [0.1, 0.15) is 11.9 Å². The Hall–Kier alpha value is -3.00. The standard InChI is InChI=1S/C23H26FN5O2/c1-22-6-3-7-23(2,28-22)21(24)19(11-22)31-20-13-26-17(12-27-20)16-5-4-15(10-18(16)30)29-9-8-25-14-29/h4-5,8-10,12-14,19,21,28,30H,3,6-7,11H2,1-2H3/t19-,21-,22-,23+/m1/s1. The monoisotopic (exact) mass is 423 g/mol. The normalized spacial score (nSPS) is 30.2. The third-order valence-corrected chi connectivity index (χ3v) is 6.56. The number of phenols is 1. The lowest BCUT2D eigenvalue weighted by Gasteiger charge is -2.54. The second-order valence-corrected chi connectivity index (χ2v) is 9.13. The number of ether oxygens (including phenoxy) is 1. The Morgan fingerprint density at radius 1 is 1.23 bits per heavy atom. The molecule has 0 aliphatic carbocycles. The van der Waals surface area contributed by atoms with E-state index in [4.69, 9.17) is 4.74 Å². The third kappa shape index (κ3) is 3.65. The SMILES string of the molecule is C[C@]12CCC[C@](C)(N1)[C@H](F)[C@H](Oc1cnc(-c3ccc(-n4ccnc4)cc3O)cn1)C2. The van der Waals surface area contributed by atoms with Crippen molar-refractivity contribution in [2.75, 3.05) is 0 Å². The van der Waals surface area contributed by atoms with Gasteiger partial charge >= 0.3 is 0 Å². The number of imidazole rings is 1. The summed E-state index contributed by atoms with van der Waals surface area (Å²) in [5.74, 6) is 0.378. The molecule has 5 rings (SSSR count). The molecule has 2 aliphatic heterocycles.